The lowest BCUT2D eigenvalue weighted by molar-refractivity contribution is 0.0992. The number of ether oxygens (including phenoxy) is 1. The Morgan fingerprint density at radius 1 is 1.53 bits per heavy atom. The molecule has 0 saturated carbocycles. The molecule has 0 saturated heterocycles. The van der Waals surface area contributed by atoms with Gasteiger partial charge in [0.05, 0.1) is 18.1 Å². The minimum absolute atomic E-state index is 0.0441. The molecular formula is C11H14BrNO2. The molecule has 0 aliphatic rings. The fourth-order valence-electron chi connectivity index (χ4n) is 1.37. The van der Waals surface area contributed by atoms with Crippen LogP contribution in [0, 0.1) is 6.92 Å². The number of ketones is 1. The first kappa shape index (κ1) is 12.2. The van der Waals surface area contributed by atoms with Crippen LogP contribution in [0.3, 0.4) is 0 Å². The van der Waals surface area contributed by atoms with Crippen molar-refractivity contribution < 1.29 is 9.53 Å². The third-order valence-electron chi connectivity index (χ3n) is 2.14. The number of halogens is 1. The average molecular weight is 272 g/mol. The molecule has 0 aliphatic carbocycles. The Labute approximate surface area is 97.9 Å². The Bertz CT molecular complexity index is 377. The number of carbonyl (C=O) groups is 1. The summed E-state index contributed by atoms with van der Waals surface area (Å²) in [6, 6.07) is 3.69. The summed E-state index contributed by atoms with van der Waals surface area (Å²) in [6.07, 6.45) is 0. The SMILES string of the molecule is CNCC(=O)c1ccc(C)c(OC)c1Br. The molecule has 0 radical (unpaired) electrons. The molecule has 1 rings (SSSR count). The van der Waals surface area contributed by atoms with Crippen molar-refractivity contribution in [2.24, 2.45) is 0 Å². The fraction of sp³-hybridized carbons (Fsp3) is 0.364. The number of methoxy groups -OCH3 is 1. The first-order chi connectivity index (χ1) is 7.11. The van der Waals surface area contributed by atoms with Crippen LogP contribution in [0.25, 0.3) is 0 Å². The van der Waals surface area contributed by atoms with Gasteiger partial charge in [0.2, 0.25) is 0 Å². The number of nitrogens with one attached hydrogen (secondary N) is 1. The van der Waals surface area contributed by atoms with Gasteiger partial charge in [-0.2, -0.15) is 0 Å². The summed E-state index contributed by atoms with van der Waals surface area (Å²) in [5.74, 6) is 0.764. The maximum atomic E-state index is 11.7. The van der Waals surface area contributed by atoms with Gasteiger partial charge in [-0.1, -0.05) is 6.07 Å². The Kier molecular flexibility index (Phi) is 4.29. The van der Waals surface area contributed by atoms with E-state index in [2.05, 4.69) is 21.2 Å². The zero-order valence-corrected chi connectivity index (χ0v) is 10.6. The van der Waals surface area contributed by atoms with Gasteiger partial charge in [-0.15, -0.1) is 0 Å². The number of aryl methyl sites for hydroxylation is 1. The van der Waals surface area contributed by atoms with Crippen molar-refractivity contribution in [3.63, 3.8) is 0 Å². The minimum atomic E-state index is 0.0441. The predicted octanol–water partition coefficient (Wildman–Crippen LogP) is 2.17. The number of hydrogen-bond acceptors (Lipinski definition) is 3. The van der Waals surface area contributed by atoms with Crippen LogP contribution in [0.4, 0.5) is 0 Å². The Morgan fingerprint density at radius 2 is 2.20 bits per heavy atom. The third kappa shape index (κ3) is 2.58. The van der Waals surface area contributed by atoms with E-state index in [1.165, 1.54) is 0 Å². The molecule has 0 heterocycles. The quantitative estimate of drug-likeness (QED) is 0.854. The molecule has 0 fully saturated rings. The zero-order valence-electron chi connectivity index (χ0n) is 9.06. The van der Waals surface area contributed by atoms with E-state index in [4.69, 9.17) is 4.74 Å². The molecule has 1 aromatic rings. The first-order valence-electron chi connectivity index (χ1n) is 4.62. The van der Waals surface area contributed by atoms with Gasteiger partial charge < -0.3 is 10.1 Å². The molecule has 1 N–H and O–H groups in total. The molecule has 1 aromatic carbocycles. The monoisotopic (exact) mass is 271 g/mol. The van der Waals surface area contributed by atoms with E-state index in [1.54, 1.807) is 14.2 Å². The summed E-state index contributed by atoms with van der Waals surface area (Å²) in [4.78, 5) is 11.7. The highest BCUT2D eigenvalue weighted by atomic mass is 79.9. The lowest BCUT2D eigenvalue weighted by atomic mass is 10.1. The summed E-state index contributed by atoms with van der Waals surface area (Å²) in [5.41, 5.74) is 1.65. The van der Waals surface area contributed by atoms with E-state index >= 15 is 0 Å². The summed E-state index contributed by atoms with van der Waals surface area (Å²) in [5, 5.41) is 2.83. The Morgan fingerprint density at radius 3 is 2.73 bits per heavy atom. The van der Waals surface area contributed by atoms with E-state index in [0.29, 0.717) is 12.1 Å². The Hall–Kier alpha value is -0.870. The van der Waals surface area contributed by atoms with Crippen molar-refractivity contribution in [1.29, 1.82) is 0 Å². The van der Waals surface area contributed by atoms with Gasteiger partial charge in [0.1, 0.15) is 5.75 Å². The van der Waals surface area contributed by atoms with Crippen molar-refractivity contribution in [2.75, 3.05) is 20.7 Å². The molecule has 0 amide bonds. The third-order valence-corrected chi connectivity index (χ3v) is 2.92. The van der Waals surface area contributed by atoms with Gasteiger partial charge in [0.15, 0.2) is 5.78 Å². The topological polar surface area (TPSA) is 38.3 Å². The maximum absolute atomic E-state index is 11.7. The second kappa shape index (κ2) is 5.28. The van der Waals surface area contributed by atoms with Crippen LogP contribution in [0.1, 0.15) is 15.9 Å². The predicted molar refractivity (Wildman–Crippen MR) is 63.7 cm³/mol. The standard InChI is InChI=1S/C11H14BrNO2/c1-7-4-5-8(9(14)6-13-2)10(12)11(7)15-3/h4-5,13H,6H2,1-3H3. The highest BCUT2D eigenvalue weighted by molar-refractivity contribution is 9.10. The lowest BCUT2D eigenvalue weighted by Gasteiger charge is -2.10. The molecule has 0 spiro atoms. The molecule has 0 unspecified atom stereocenters. The van der Waals surface area contributed by atoms with Crippen molar-refractivity contribution in [3.05, 3.63) is 27.7 Å². The zero-order chi connectivity index (χ0) is 11.4. The van der Waals surface area contributed by atoms with Crippen LogP contribution in [0.15, 0.2) is 16.6 Å². The van der Waals surface area contributed by atoms with Gasteiger partial charge in [-0.05, 0) is 41.5 Å². The van der Waals surface area contributed by atoms with Crippen LogP contribution in [-0.4, -0.2) is 26.5 Å². The molecular weight excluding hydrogens is 258 g/mol. The molecule has 0 aromatic heterocycles. The van der Waals surface area contributed by atoms with Gasteiger partial charge >= 0.3 is 0 Å². The summed E-state index contributed by atoms with van der Waals surface area (Å²) >= 11 is 3.39. The summed E-state index contributed by atoms with van der Waals surface area (Å²) in [6.45, 7) is 2.26. The highest BCUT2D eigenvalue weighted by Crippen LogP contribution is 2.32. The number of hydrogen-bond donors (Lipinski definition) is 1. The van der Waals surface area contributed by atoms with Crippen molar-refractivity contribution in [3.8, 4) is 5.75 Å². The lowest BCUT2D eigenvalue weighted by Crippen LogP contribution is -2.19. The van der Waals surface area contributed by atoms with Crippen LogP contribution in [0.2, 0.25) is 0 Å². The highest BCUT2D eigenvalue weighted by Gasteiger charge is 2.14. The fourth-order valence-corrected chi connectivity index (χ4v) is 2.20. The number of carbonyl (C=O) groups excluding carboxylic acids is 1. The van der Waals surface area contributed by atoms with Gasteiger partial charge in [-0.25, -0.2) is 0 Å². The van der Waals surface area contributed by atoms with E-state index in [9.17, 15) is 4.79 Å². The number of benzene rings is 1. The van der Waals surface area contributed by atoms with E-state index in [0.717, 1.165) is 15.8 Å². The van der Waals surface area contributed by atoms with E-state index < -0.39 is 0 Å². The maximum Gasteiger partial charge on any atom is 0.177 e. The molecule has 15 heavy (non-hydrogen) atoms. The van der Waals surface area contributed by atoms with Gasteiger partial charge in [-0.3, -0.25) is 4.79 Å². The van der Waals surface area contributed by atoms with Crippen LogP contribution >= 0.6 is 15.9 Å². The normalized spacial score (nSPS) is 10.1. The largest absolute Gasteiger partial charge is 0.495 e. The van der Waals surface area contributed by atoms with Crippen molar-refractivity contribution in [2.45, 2.75) is 6.92 Å². The van der Waals surface area contributed by atoms with Gasteiger partial charge in [0.25, 0.3) is 0 Å². The summed E-state index contributed by atoms with van der Waals surface area (Å²) < 4.78 is 5.95. The molecule has 4 heteroatoms. The minimum Gasteiger partial charge on any atom is -0.495 e. The van der Waals surface area contributed by atoms with Crippen molar-refractivity contribution in [1.82, 2.24) is 5.32 Å². The number of Topliss-reactive ketones (excluding diaryl/α,β-unsaturated/α-hetero) is 1. The van der Waals surface area contributed by atoms with E-state index in [-0.39, 0.29) is 5.78 Å². The molecule has 0 aliphatic heterocycles. The Balaban J connectivity index is 3.15. The molecule has 0 bridgehead atoms. The smallest absolute Gasteiger partial charge is 0.177 e. The summed E-state index contributed by atoms with van der Waals surface area (Å²) in [7, 11) is 3.34. The number of likely N-dealkylation sites (N-methyl/N-ethyl adjacent to an activating group) is 1. The first-order valence-corrected chi connectivity index (χ1v) is 5.42. The molecule has 82 valence electrons. The van der Waals surface area contributed by atoms with Crippen LogP contribution in [0.5, 0.6) is 5.75 Å². The van der Waals surface area contributed by atoms with Crippen molar-refractivity contribution >= 4 is 21.7 Å². The van der Waals surface area contributed by atoms with E-state index in [1.807, 2.05) is 19.1 Å². The van der Waals surface area contributed by atoms with Crippen LogP contribution in [-0.2, 0) is 0 Å². The average Bonchev–Trinajstić information content (AvgIpc) is 2.18. The molecule has 3 nitrogen and oxygen atoms in total. The second-order valence-electron chi connectivity index (χ2n) is 3.23. The van der Waals surface area contributed by atoms with Crippen LogP contribution < -0.4 is 10.1 Å². The number of rotatable bonds is 4. The van der Waals surface area contributed by atoms with Gasteiger partial charge in [0, 0.05) is 5.56 Å². The molecule has 0 atom stereocenters. The second-order valence-corrected chi connectivity index (χ2v) is 4.02.